The van der Waals surface area contributed by atoms with Crippen LogP contribution in [0.25, 0.3) is 0 Å². The lowest BCUT2D eigenvalue weighted by molar-refractivity contribution is -0.137. The highest BCUT2D eigenvalue weighted by molar-refractivity contribution is 5.83. The summed E-state index contributed by atoms with van der Waals surface area (Å²) >= 11 is 0. The largest absolute Gasteiger partial charge is 0.481 e. The fraction of sp³-hybridized carbons (Fsp3) is 0.810. The normalized spacial score (nSPS) is 21.9. The fourth-order valence-electron chi connectivity index (χ4n) is 3.68. The average molecular weight is 353 g/mol. The molecule has 0 aromatic rings. The van der Waals surface area contributed by atoms with E-state index in [1.807, 2.05) is 6.08 Å². The van der Waals surface area contributed by atoms with Gasteiger partial charge in [-0.1, -0.05) is 64.0 Å². The number of carboxylic acids is 1. The highest BCUT2D eigenvalue weighted by Gasteiger charge is 2.32. The Labute approximate surface area is 152 Å². The van der Waals surface area contributed by atoms with Gasteiger partial charge < -0.3 is 10.2 Å². The molecule has 0 aliphatic heterocycles. The average Bonchev–Trinajstić information content (AvgIpc) is 2.92. The lowest BCUT2D eigenvalue weighted by Crippen LogP contribution is -2.14. The van der Waals surface area contributed by atoms with Gasteiger partial charge in [-0.3, -0.25) is 9.59 Å². The second kappa shape index (κ2) is 13.1. The van der Waals surface area contributed by atoms with Crippen LogP contribution in [0.15, 0.2) is 12.2 Å². The second-order valence-corrected chi connectivity index (χ2v) is 7.42. The molecule has 0 spiro atoms. The molecule has 4 nitrogen and oxygen atoms in total. The van der Waals surface area contributed by atoms with Gasteiger partial charge in [0.05, 0.1) is 6.10 Å². The fourth-order valence-corrected chi connectivity index (χ4v) is 3.68. The first-order valence-corrected chi connectivity index (χ1v) is 10.2. The van der Waals surface area contributed by atoms with Crippen LogP contribution in [0.4, 0.5) is 0 Å². The highest BCUT2D eigenvalue weighted by atomic mass is 16.4. The summed E-state index contributed by atoms with van der Waals surface area (Å²) in [5.74, 6) is -0.0945. The van der Waals surface area contributed by atoms with Gasteiger partial charge in [0.25, 0.3) is 0 Å². The number of ketones is 1. The van der Waals surface area contributed by atoms with Gasteiger partial charge in [-0.05, 0) is 31.6 Å². The molecule has 0 saturated heterocycles. The van der Waals surface area contributed by atoms with E-state index in [4.69, 9.17) is 5.11 Å². The van der Waals surface area contributed by atoms with Crippen LogP contribution < -0.4 is 0 Å². The van der Waals surface area contributed by atoms with Gasteiger partial charge in [-0.25, -0.2) is 0 Å². The number of rotatable bonds is 14. The Morgan fingerprint density at radius 2 is 1.88 bits per heavy atom. The maximum Gasteiger partial charge on any atom is 0.303 e. The molecule has 1 aliphatic carbocycles. The Hall–Kier alpha value is -1.16. The molecule has 25 heavy (non-hydrogen) atoms. The van der Waals surface area contributed by atoms with Gasteiger partial charge in [0, 0.05) is 18.8 Å². The molecule has 0 heterocycles. The van der Waals surface area contributed by atoms with Crippen molar-refractivity contribution in [3.8, 4) is 0 Å². The lowest BCUT2D eigenvalue weighted by atomic mass is 9.89. The van der Waals surface area contributed by atoms with Crippen LogP contribution in [0.3, 0.4) is 0 Å². The standard InChI is InChI=1S/C21H36O4/c1-2-3-4-5-7-10-18(22)15-13-17-14-16-20(23)19(17)11-8-6-9-12-21(24)25/h13,15,17-19,22H,2-12,14,16H2,1H3,(H,24,25)/b15-13+. The van der Waals surface area contributed by atoms with Crippen molar-refractivity contribution in [2.24, 2.45) is 11.8 Å². The minimum atomic E-state index is -0.749. The molecule has 1 fully saturated rings. The van der Waals surface area contributed by atoms with Crippen molar-refractivity contribution >= 4 is 11.8 Å². The van der Waals surface area contributed by atoms with Gasteiger partial charge in [0.1, 0.15) is 5.78 Å². The smallest absolute Gasteiger partial charge is 0.303 e. The quantitative estimate of drug-likeness (QED) is 0.344. The molecule has 0 radical (unpaired) electrons. The van der Waals surface area contributed by atoms with E-state index in [1.54, 1.807) is 0 Å². The monoisotopic (exact) mass is 352 g/mol. The zero-order valence-corrected chi connectivity index (χ0v) is 15.8. The van der Waals surface area contributed by atoms with Crippen molar-refractivity contribution in [2.75, 3.05) is 0 Å². The Morgan fingerprint density at radius 1 is 1.16 bits per heavy atom. The zero-order chi connectivity index (χ0) is 18.5. The van der Waals surface area contributed by atoms with Gasteiger partial charge in [-0.2, -0.15) is 0 Å². The molecule has 1 rings (SSSR count). The summed E-state index contributed by atoms with van der Waals surface area (Å²) in [7, 11) is 0. The van der Waals surface area contributed by atoms with Crippen molar-refractivity contribution in [3.05, 3.63) is 12.2 Å². The third kappa shape index (κ3) is 9.78. The molecule has 0 aromatic carbocycles. The van der Waals surface area contributed by atoms with Crippen LogP contribution in [0, 0.1) is 11.8 Å². The number of carbonyl (C=O) groups is 2. The third-order valence-electron chi connectivity index (χ3n) is 5.24. The van der Waals surface area contributed by atoms with Crippen LogP contribution in [0.5, 0.6) is 0 Å². The first kappa shape index (κ1) is 21.9. The summed E-state index contributed by atoms with van der Waals surface area (Å²) in [6.07, 6.45) is 15.4. The van der Waals surface area contributed by atoms with Gasteiger partial charge in [-0.15, -0.1) is 0 Å². The minimum absolute atomic E-state index is 0.0674. The van der Waals surface area contributed by atoms with Crippen LogP contribution in [-0.4, -0.2) is 28.1 Å². The second-order valence-electron chi connectivity index (χ2n) is 7.42. The Balaban J connectivity index is 2.27. The number of carboxylic acid groups (broad SMARTS) is 1. The number of unbranched alkanes of at least 4 members (excludes halogenated alkanes) is 6. The Kier molecular flexibility index (Phi) is 11.5. The number of carbonyl (C=O) groups excluding carboxylic acids is 1. The van der Waals surface area contributed by atoms with E-state index in [1.165, 1.54) is 25.7 Å². The molecular formula is C21H36O4. The molecule has 1 saturated carbocycles. The summed E-state index contributed by atoms with van der Waals surface area (Å²) < 4.78 is 0. The third-order valence-corrected chi connectivity index (χ3v) is 5.24. The first-order chi connectivity index (χ1) is 12.0. The number of aliphatic carboxylic acids is 1. The van der Waals surface area contributed by atoms with Gasteiger partial charge in [0.2, 0.25) is 0 Å². The molecule has 3 atom stereocenters. The van der Waals surface area contributed by atoms with Crippen LogP contribution in [0.2, 0.25) is 0 Å². The van der Waals surface area contributed by atoms with E-state index < -0.39 is 12.1 Å². The van der Waals surface area contributed by atoms with Crippen molar-refractivity contribution in [3.63, 3.8) is 0 Å². The molecule has 1 aliphatic rings. The van der Waals surface area contributed by atoms with E-state index in [9.17, 15) is 14.7 Å². The Bertz CT molecular complexity index is 416. The lowest BCUT2D eigenvalue weighted by Gasteiger charge is -2.15. The summed E-state index contributed by atoms with van der Waals surface area (Å²) in [6.45, 7) is 2.20. The number of hydrogen-bond donors (Lipinski definition) is 2. The molecule has 4 heteroatoms. The van der Waals surface area contributed by atoms with Crippen molar-refractivity contribution in [2.45, 2.75) is 96.5 Å². The van der Waals surface area contributed by atoms with Crippen molar-refractivity contribution in [1.82, 2.24) is 0 Å². The maximum absolute atomic E-state index is 12.1. The summed E-state index contributed by atoms with van der Waals surface area (Å²) in [4.78, 5) is 22.6. The molecule has 0 amide bonds. The van der Waals surface area contributed by atoms with Crippen LogP contribution >= 0.6 is 0 Å². The van der Waals surface area contributed by atoms with E-state index >= 15 is 0 Å². The summed E-state index contributed by atoms with van der Waals surface area (Å²) in [6, 6.07) is 0. The molecular weight excluding hydrogens is 316 g/mol. The number of aliphatic hydroxyl groups is 1. The molecule has 2 N–H and O–H groups in total. The maximum atomic E-state index is 12.1. The first-order valence-electron chi connectivity index (χ1n) is 10.2. The van der Waals surface area contributed by atoms with Gasteiger partial charge in [0.15, 0.2) is 0 Å². The predicted octanol–water partition coefficient (Wildman–Crippen LogP) is 4.89. The summed E-state index contributed by atoms with van der Waals surface area (Å²) in [5, 5.41) is 18.7. The summed E-state index contributed by atoms with van der Waals surface area (Å²) in [5.41, 5.74) is 0. The number of Topliss-reactive ketones (excluding diaryl/α,β-unsaturated/α-hetero) is 1. The van der Waals surface area contributed by atoms with Crippen LogP contribution in [-0.2, 0) is 9.59 Å². The van der Waals surface area contributed by atoms with Crippen LogP contribution in [0.1, 0.15) is 90.4 Å². The van der Waals surface area contributed by atoms with Gasteiger partial charge >= 0.3 is 5.97 Å². The predicted molar refractivity (Wildman–Crippen MR) is 100 cm³/mol. The minimum Gasteiger partial charge on any atom is -0.481 e. The van der Waals surface area contributed by atoms with E-state index in [0.29, 0.717) is 18.6 Å². The molecule has 3 unspecified atom stereocenters. The van der Waals surface area contributed by atoms with E-state index in [0.717, 1.165) is 38.5 Å². The SMILES string of the molecule is CCCCCCCC(O)/C=C/C1CCC(=O)C1CCCCCC(=O)O. The number of hydrogen-bond acceptors (Lipinski definition) is 3. The molecule has 0 bridgehead atoms. The molecule has 0 aromatic heterocycles. The Morgan fingerprint density at radius 3 is 2.60 bits per heavy atom. The topological polar surface area (TPSA) is 74.6 Å². The van der Waals surface area contributed by atoms with Crippen molar-refractivity contribution < 1.29 is 19.8 Å². The number of allylic oxidation sites excluding steroid dienone is 1. The van der Waals surface area contributed by atoms with E-state index in [-0.39, 0.29) is 18.3 Å². The number of aliphatic hydroxyl groups excluding tert-OH is 1. The zero-order valence-electron chi connectivity index (χ0n) is 15.8. The van der Waals surface area contributed by atoms with E-state index in [2.05, 4.69) is 13.0 Å². The molecule has 144 valence electrons. The highest BCUT2D eigenvalue weighted by Crippen LogP contribution is 2.34. The van der Waals surface area contributed by atoms with Crippen molar-refractivity contribution in [1.29, 1.82) is 0 Å².